The van der Waals surface area contributed by atoms with Crippen molar-refractivity contribution in [1.82, 2.24) is 14.7 Å². The molecular weight excluding hydrogens is 258 g/mol. The maximum atomic E-state index is 12.0. The molecule has 0 unspecified atom stereocenters. The van der Waals surface area contributed by atoms with Gasteiger partial charge in [0.2, 0.25) is 10.0 Å². The summed E-state index contributed by atoms with van der Waals surface area (Å²) in [7, 11) is -3.89. The molecule has 2 rings (SSSR count). The summed E-state index contributed by atoms with van der Waals surface area (Å²) in [6.07, 6.45) is 2.82. The van der Waals surface area contributed by atoms with Crippen LogP contribution in [0.4, 0.5) is 0 Å². The fraction of sp³-hybridized carbons (Fsp3) is 0.200. The summed E-state index contributed by atoms with van der Waals surface area (Å²) in [4.78, 5) is 17.3. The van der Waals surface area contributed by atoms with Gasteiger partial charge in [-0.15, -0.1) is 0 Å². The molecule has 0 saturated carbocycles. The van der Waals surface area contributed by atoms with Crippen molar-refractivity contribution in [3.63, 3.8) is 0 Å². The lowest BCUT2D eigenvalue weighted by molar-refractivity contribution is -0.138. The molecule has 7 nitrogen and oxygen atoms in total. The topological polar surface area (TPSA) is 112 Å². The third-order valence-corrected chi connectivity index (χ3v) is 3.99. The zero-order valence-electron chi connectivity index (χ0n) is 9.41. The van der Waals surface area contributed by atoms with Gasteiger partial charge >= 0.3 is 5.97 Å². The van der Waals surface area contributed by atoms with Crippen molar-refractivity contribution in [3.8, 4) is 0 Å². The number of carboxylic acids is 1. The molecule has 8 heteroatoms. The fourth-order valence-corrected chi connectivity index (χ4v) is 2.86. The molecule has 0 fully saturated rings. The van der Waals surface area contributed by atoms with Gasteiger partial charge in [-0.25, -0.2) is 13.4 Å². The van der Waals surface area contributed by atoms with Crippen LogP contribution >= 0.6 is 0 Å². The van der Waals surface area contributed by atoms with E-state index >= 15 is 0 Å². The number of hydrogen-bond acceptors (Lipinski definition) is 4. The number of H-pyrrole nitrogens is 1. The Balaban J connectivity index is 2.44. The molecule has 0 radical (unpaired) electrons. The van der Waals surface area contributed by atoms with E-state index in [9.17, 15) is 13.2 Å². The van der Waals surface area contributed by atoms with Crippen molar-refractivity contribution in [2.24, 2.45) is 0 Å². The molecule has 0 aliphatic heterocycles. The highest BCUT2D eigenvalue weighted by Crippen LogP contribution is 2.20. The number of carbonyl (C=O) groups is 1. The Kier molecular flexibility index (Phi) is 3.05. The Morgan fingerprint density at radius 2 is 2.28 bits per heavy atom. The second kappa shape index (κ2) is 4.39. The lowest BCUT2D eigenvalue weighted by Crippen LogP contribution is -2.38. The van der Waals surface area contributed by atoms with E-state index in [1.165, 1.54) is 19.3 Å². The molecular formula is C10H11N3O4S. The number of sulfonamides is 1. The number of fused-ring (bicyclic) bond motifs is 1. The van der Waals surface area contributed by atoms with Crippen LogP contribution in [0, 0.1) is 0 Å². The number of carboxylic acid groups (broad SMARTS) is 1. The Morgan fingerprint density at radius 3 is 2.94 bits per heavy atom. The zero-order chi connectivity index (χ0) is 13.3. The maximum absolute atomic E-state index is 12.0. The van der Waals surface area contributed by atoms with Crippen LogP contribution in [0.25, 0.3) is 11.0 Å². The first-order valence-electron chi connectivity index (χ1n) is 5.09. The minimum absolute atomic E-state index is 0.0151. The van der Waals surface area contributed by atoms with E-state index in [-0.39, 0.29) is 4.90 Å². The van der Waals surface area contributed by atoms with Crippen molar-refractivity contribution < 1.29 is 18.3 Å². The molecule has 0 spiro atoms. The molecule has 0 aromatic carbocycles. The van der Waals surface area contributed by atoms with Gasteiger partial charge in [-0.05, 0) is 19.1 Å². The van der Waals surface area contributed by atoms with Gasteiger partial charge in [0, 0.05) is 17.8 Å². The molecule has 2 heterocycles. The van der Waals surface area contributed by atoms with E-state index in [0.29, 0.717) is 11.0 Å². The van der Waals surface area contributed by atoms with Gasteiger partial charge in [0.05, 0.1) is 0 Å². The molecule has 96 valence electrons. The molecule has 0 bridgehead atoms. The summed E-state index contributed by atoms with van der Waals surface area (Å²) >= 11 is 0. The first-order valence-corrected chi connectivity index (χ1v) is 6.57. The maximum Gasteiger partial charge on any atom is 0.321 e. The van der Waals surface area contributed by atoms with E-state index in [1.807, 2.05) is 0 Å². The van der Waals surface area contributed by atoms with Crippen LogP contribution in [0.3, 0.4) is 0 Å². The van der Waals surface area contributed by atoms with Gasteiger partial charge in [-0.1, -0.05) is 0 Å². The molecule has 18 heavy (non-hydrogen) atoms. The van der Waals surface area contributed by atoms with Crippen molar-refractivity contribution in [3.05, 3.63) is 24.5 Å². The number of aromatic amines is 1. The first kappa shape index (κ1) is 12.5. The van der Waals surface area contributed by atoms with Crippen molar-refractivity contribution >= 4 is 27.0 Å². The summed E-state index contributed by atoms with van der Waals surface area (Å²) in [6, 6.07) is 2.01. The van der Waals surface area contributed by atoms with Crippen LogP contribution in [0.2, 0.25) is 0 Å². The van der Waals surface area contributed by atoms with Crippen LogP contribution in [0.5, 0.6) is 0 Å². The average Bonchev–Trinajstić information content (AvgIpc) is 2.72. The molecule has 0 saturated heterocycles. The van der Waals surface area contributed by atoms with Gasteiger partial charge in [-0.3, -0.25) is 4.79 Å². The van der Waals surface area contributed by atoms with Crippen LogP contribution in [-0.2, 0) is 14.8 Å². The van der Waals surface area contributed by atoms with Crippen molar-refractivity contribution in [2.75, 3.05) is 0 Å². The zero-order valence-corrected chi connectivity index (χ0v) is 10.2. The number of hydrogen-bond donors (Lipinski definition) is 3. The second-order valence-electron chi connectivity index (χ2n) is 3.73. The Bertz CT molecular complexity index is 692. The number of nitrogens with zero attached hydrogens (tertiary/aromatic N) is 1. The monoisotopic (exact) mass is 269 g/mol. The van der Waals surface area contributed by atoms with Crippen LogP contribution in [-0.4, -0.2) is 35.5 Å². The van der Waals surface area contributed by atoms with Gasteiger partial charge in [0.25, 0.3) is 0 Å². The van der Waals surface area contributed by atoms with E-state index < -0.39 is 22.0 Å². The smallest absolute Gasteiger partial charge is 0.321 e. The van der Waals surface area contributed by atoms with Gasteiger partial charge in [0.15, 0.2) is 0 Å². The average molecular weight is 269 g/mol. The molecule has 3 N–H and O–H groups in total. The first-order chi connectivity index (χ1) is 8.42. The summed E-state index contributed by atoms with van der Waals surface area (Å²) < 4.78 is 26.1. The number of pyridine rings is 1. The predicted molar refractivity (Wildman–Crippen MR) is 63.5 cm³/mol. The lowest BCUT2D eigenvalue weighted by atomic mass is 10.3. The fourth-order valence-electron chi connectivity index (χ4n) is 1.50. The highest BCUT2D eigenvalue weighted by Gasteiger charge is 2.24. The Morgan fingerprint density at radius 1 is 1.56 bits per heavy atom. The minimum atomic E-state index is -3.89. The molecule has 2 aromatic rings. The third-order valence-electron chi connectivity index (χ3n) is 2.41. The molecule has 1 atom stereocenters. The summed E-state index contributed by atoms with van der Waals surface area (Å²) in [6.45, 7) is 1.26. The SMILES string of the molecule is C[C@@H](NS(=O)(=O)c1c[nH]c2ncccc12)C(=O)O. The molecule has 0 aliphatic carbocycles. The molecule has 0 aliphatic rings. The van der Waals surface area contributed by atoms with E-state index in [1.54, 1.807) is 12.1 Å². The van der Waals surface area contributed by atoms with E-state index in [4.69, 9.17) is 5.11 Å². The molecule has 2 aromatic heterocycles. The summed E-state index contributed by atoms with van der Waals surface area (Å²) in [5, 5.41) is 9.13. The number of aliphatic carboxylic acids is 1. The Hall–Kier alpha value is -1.93. The van der Waals surface area contributed by atoms with Gasteiger partial charge < -0.3 is 10.1 Å². The van der Waals surface area contributed by atoms with Gasteiger partial charge in [-0.2, -0.15) is 4.72 Å². The summed E-state index contributed by atoms with van der Waals surface area (Å²) in [5.41, 5.74) is 0.431. The minimum Gasteiger partial charge on any atom is -0.480 e. The normalized spacial score (nSPS) is 13.6. The number of rotatable bonds is 4. The third kappa shape index (κ3) is 2.20. The standard InChI is InChI=1S/C10H11N3O4S/c1-6(10(14)15)13-18(16,17)8-5-12-9-7(8)3-2-4-11-9/h2-6,13H,1H3,(H,11,12)(H,14,15)/t6-/m1/s1. The van der Waals surface area contributed by atoms with Gasteiger partial charge in [0.1, 0.15) is 16.6 Å². The number of nitrogens with one attached hydrogen (secondary N) is 2. The largest absolute Gasteiger partial charge is 0.480 e. The second-order valence-corrected chi connectivity index (χ2v) is 5.42. The van der Waals surface area contributed by atoms with Crippen molar-refractivity contribution in [1.29, 1.82) is 0 Å². The quantitative estimate of drug-likeness (QED) is 0.739. The summed E-state index contributed by atoms with van der Waals surface area (Å²) in [5.74, 6) is -1.24. The molecule has 0 amide bonds. The highest BCUT2D eigenvalue weighted by atomic mass is 32.2. The Labute approximate surface area is 103 Å². The lowest BCUT2D eigenvalue weighted by Gasteiger charge is -2.09. The van der Waals surface area contributed by atoms with E-state index in [0.717, 1.165) is 0 Å². The van der Waals surface area contributed by atoms with E-state index in [2.05, 4.69) is 14.7 Å². The van der Waals surface area contributed by atoms with Crippen LogP contribution in [0.15, 0.2) is 29.4 Å². The highest BCUT2D eigenvalue weighted by molar-refractivity contribution is 7.89. The predicted octanol–water partition coefficient (Wildman–Crippen LogP) is 0.314. The van der Waals surface area contributed by atoms with Crippen molar-refractivity contribution in [2.45, 2.75) is 17.9 Å². The van der Waals surface area contributed by atoms with Crippen LogP contribution in [0.1, 0.15) is 6.92 Å². The van der Waals surface area contributed by atoms with Crippen LogP contribution < -0.4 is 4.72 Å². The number of aromatic nitrogens is 2.